The molecular formula is C24H29N3O6. The highest BCUT2D eigenvalue weighted by Gasteiger charge is 2.38. The second kappa shape index (κ2) is 10.5. The van der Waals surface area contributed by atoms with Gasteiger partial charge in [-0.2, -0.15) is 0 Å². The van der Waals surface area contributed by atoms with Crippen LogP contribution < -0.4 is 10.6 Å². The van der Waals surface area contributed by atoms with E-state index in [1.807, 2.05) is 6.07 Å². The Labute approximate surface area is 193 Å². The van der Waals surface area contributed by atoms with E-state index >= 15 is 0 Å². The molecule has 33 heavy (non-hydrogen) atoms. The summed E-state index contributed by atoms with van der Waals surface area (Å²) >= 11 is 0. The van der Waals surface area contributed by atoms with Crippen molar-refractivity contribution in [1.29, 1.82) is 0 Å². The van der Waals surface area contributed by atoms with Gasteiger partial charge >= 0.3 is 6.09 Å². The average molecular weight is 456 g/mol. The molecule has 176 valence electrons. The molecule has 1 fully saturated rings. The number of piperidine rings is 1. The topological polar surface area (TPSA) is 114 Å². The molecule has 2 heterocycles. The Balaban J connectivity index is 1.42. The number of nitrogens with zero attached hydrogens (tertiary/aromatic N) is 1. The zero-order chi connectivity index (χ0) is 24.0. The van der Waals surface area contributed by atoms with Gasteiger partial charge < -0.3 is 19.7 Å². The van der Waals surface area contributed by atoms with Crippen molar-refractivity contribution in [3.05, 3.63) is 34.9 Å². The summed E-state index contributed by atoms with van der Waals surface area (Å²) in [5, 5.41) is 4.92. The zero-order valence-electron chi connectivity index (χ0n) is 19.2. The third-order valence-electron chi connectivity index (χ3n) is 5.04. The highest BCUT2D eigenvalue weighted by Crippen LogP contribution is 2.28. The summed E-state index contributed by atoms with van der Waals surface area (Å²) in [6.45, 7) is 6.86. The lowest BCUT2D eigenvalue weighted by Gasteiger charge is -2.29. The Morgan fingerprint density at radius 3 is 2.76 bits per heavy atom. The zero-order valence-corrected chi connectivity index (χ0v) is 19.2. The minimum Gasteiger partial charge on any atom is -0.444 e. The normalized spacial score (nSPS) is 17.7. The van der Waals surface area contributed by atoms with Gasteiger partial charge in [0.2, 0.25) is 11.8 Å². The van der Waals surface area contributed by atoms with Crippen molar-refractivity contribution in [2.75, 3.05) is 19.8 Å². The van der Waals surface area contributed by atoms with Crippen LogP contribution in [0.2, 0.25) is 0 Å². The highest BCUT2D eigenvalue weighted by atomic mass is 16.6. The average Bonchev–Trinajstić information content (AvgIpc) is 3.04. The van der Waals surface area contributed by atoms with Crippen LogP contribution in [0.25, 0.3) is 0 Å². The molecule has 0 bridgehead atoms. The number of nitrogens with one attached hydrogen (secondary N) is 2. The molecule has 2 N–H and O–H groups in total. The Bertz CT molecular complexity index is 1000. The van der Waals surface area contributed by atoms with Gasteiger partial charge in [-0.15, -0.1) is 0 Å². The lowest BCUT2D eigenvalue weighted by Crippen LogP contribution is -2.52. The molecule has 2 aliphatic heterocycles. The van der Waals surface area contributed by atoms with Crippen molar-refractivity contribution in [3.63, 3.8) is 0 Å². The smallest absolute Gasteiger partial charge is 0.407 e. The van der Waals surface area contributed by atoms with E-state index in [0.717, 1.165) is 11.1 Å². The van der Waals surface area contributed by atoms with E-state index in [-0.39, 0.29) is 18.2 Å². The Kier molecular flexibility index (Phi) is 7.71. The number of hydrogen-bond acceptors (Lipinski definition) is 6. The minimum absolute atomic E-state index is 0.201. The van der Waals surface area contributed by atoms with Crippen LogP contribution in [0.3, 0.4) is 0 Å². The van der Waals surface area contributed by atoms with Gasteiger partial charge in [0.15, 0.2) is 0 Å². The first-order valence-corrected chi connectivity index (χ1v) is 10.9. The molecule has 0 aliphatic carbocycles. The summed E-state index contributed by atoms with van der Waals surface area (Å²) in [5.41, 5.74) is 1.62. The number of alkyl carbamates (subject to hydrolysis) is 1. The molecule has 1 saturated heterocycles. The Morgan fingerprint density at radius 1 is 1.24 bits per heavy atom. The molecule has 9 nitrogen and oxygen atoms in total. The lowest BCUT2D eigenvalue weighted by molar-refractivity contribution is -0.136. The summed E-state index contributed by atoms with van der Waals surface area (Å²) in [5.74, 6) is 5.17. The van der Waals surface area contributed by atoms with E-state index in [9.17, 15) is 19.2 Å². The SMILES string of the molecule is CC(C)(C)OC(=O)NCCOCCC#Cc1ccc2c(c1)CN(C1CCC(=O)NC1=O)C2=O. The Morgan fingerprint density at radius 2 is 2.03 bits per heavy atom. The van der Waals surface area contributed by atoms with E-state index in [2.05, 4.69) is 22.5 Å². The summed E-state index contributed by atoms with van der Waals surface area (Å²) in [7, 11) is 0. The predicted molar refractivity (Wildman–Crippen MR) is 119 cm³/mol. The number of amides is 4. The number of benzene rings is 1. The molecule has 9 heteroatoms. The number of ether oxygens (including phenoxy) is 2. The van der Waals surface area contributed by atoms with Gasteiger partial charge in [0.1, 0.15) is 11.6 Å². The lowest BCUT2D eigenvalue weighted by atomic mass is 10.0. The van der Waals surface area contributed by atoms with Gasteiger partial charge in [0.05, 0.1) is 13.2 Å². The van der Waals surface area contributed by atoms with E-state index < -0.39 is 23.6 Å². The molecule has 2 aliphatic rings. The van der Waals surface area contributed by atoms with Gasteiger partial charge in [-0.3, -0.25) is 19.7 Å². The van der Waals surface area contributed by atoms with Crippen LogP contribution in [0.5, 0.6) is 0 Å². The van der Waals surface area contributed by atoms with E-state index in [0.29, 0.717) is 44.7 Å². The Hall–Kier alpha value is -3.38. The first kappa shape index (κ1) is 24.3. The molecule has 0 radical (unpaired) electrons. The van der Waals surface area contributed by atoms with Gasteiger partial charge in [-0.25, -0.2) is 4.79 Å². The molecule has 0 spiro atoms. The van der Waals surface area contributed by atoms with Crippen LogP contribution in [-0.2, 0) is 25.6 Å². The third kappa shape index (κ3) is 6.80. The van der Waals surface area contributed by atoms with Crippen LogP contribution >= 0.6 is 0 Å². The van der Waals surface area contributed by atoms with Crippen molar-refractivity contribution >= 4 is 23.8 Å². The first-order valence-electron chi connectivity index (χ1n) is 10.9. The van der Waals surface area contributed by atoms with Crippen LogP contribution in [0, 0.1) is 11.8 Å². The second-order valence-electron chi connectivity index (χ2n) is 8.86. The maximum atomic E-state index is 12.7. The van der Waals surface area contributed by atoms with Gasteiger partial charge in [-0.05, 0) is 51.0 Å². The quantitative estimate of drug-likeness (QED) is 0.384. The second-order valence-corrected chi connectivity index (χ2v) is 8.86. The fraction of sp³-hybridized carbons (Fsp3) is 0.500. The maximum absolute atomic E-state index is 12.7. The molecule has 3 rings (SSSR count). The summed E-state index contributed by atoms with van der Waals surface area (Å²) in [4.78, 5) is 49.2. The summed E-state index contributed by atoms with van der Waals surface area (Å²) in [6.07, 6.45) is 0.610. The highest BCUT2D eigenvalue weighted by molar-refractivity contribution is 6.05. The fourth-order valence-electron chi connectivity index (χ4n) is 3.58. The van der Waals surface area contributed by atoms with Gasteiger partial charge in [-0.1, -0.05) is 11.8 Å². The van der Waals surface area contributed by atoms with Gasteiger partial charge in [0.25, 0.3) is 5.91 Å². The van der Waals surface area contributed by atoms with E-state index in [4.69, 9.17) is 9.47 Å². The van der Waals surface area contributed by atoms with Crippen LogP contribution in [-0.4, -0.2) is 60.1 Å². The van der Waals surface area contributed by atoms with Crippen molar-refractivity contribution in [3.8, 4) is 11.8 Å². The number of hydrogen-bond donors (Lipinski definition) is 2. The maximum Gasteiger partial charge on any atom is 0.407 e. The van der Waals surface area contributed by atoms with Gasteiger partial charge in [0, 0.05) is 37.1 Å². The van der Waals surface area contributed by atoms with Crippen LogP contribution in [0.1, 0.15) is 61.5 Å². The molecule has 1 aromatic rings. The standard InChI is InChI=1S/C24H29N3O6/c1-24(2,3)33-23(31)25-11-13-32-12-5-4-6-16-7-8-18-17(14-16)15-27(22(18)30)19-9-10-20(28)26-21(19)29/h7-8,14,19H,5,9-13,15H2,1-3H3,(H,25,31)(H,26,28,29). The molecule has 1 unspecified atom stereocenters. The third-order valence-corrected chi connectivity index (χ3v) is 5.04. The molecule has 1 aromatic carbocycles. The monoisotopic (exact) mass is 455 g/mol. The first-order chi connectivity index (χ1) is 15.6. The molecule has 4 amide bonds. The van der Waals surface area contributed by atoms with Crippen molar-refractivity contribution in [2.24, 2.45) is 0 Å². The van der Waals surface area contributed by atoms with E-state index in [1.54, 1.807) is 32.9 Å². The molecule has 1 atom stereocenters. The van der Waals surface area contributed by atoms with Crippen molar-refractivity contribution in [2.45, 2.75) is 58.2 Å². The van der Waals surface area contributed by atoms with Crippen molar-refractivity contribution in [1.82, 2.24) is 15.5 Å². The number of carbonyl (C=O) groups excluding carboxylic acids is 4. The predicted octanol–water partition coefficient (Wildman–Crippen LogP) is 1.73. The van der Waals surface area contributed by atoms with Crippen molar-refractivity contribution < 1.29 is 28.7 Å². The molecule has 0 saturated carbocycles. The summed E-state index contributed by atoms with van der Waals surface area (Å²) in [6, 6.07) is 4.74. The largest absolute Gasteiger partial charge is 0.444 e. The fourth-order valence-corrected chi connectivity index (χ4v) is 3.58. The minimum atomic E-state index is -0.626. The van der Waals surface area contributed by atoms with Crippen LogP contribution in [0.4, 0.5) is 4.79 Å². The number of carbonyl (C=O) groups is 4. The summed E-state index contributed by atoms with van der Waals surface area (Å²) < 4.78 is 10.6. The number of fused-ring (bicyclic) bond motifs is 1. The molecule has 0 aromatic heterocycles. The number of imide groups is 1. The number of rotatable bonds is 6. The molecular weight excluding hydrogens is 426 g/mol. The van der Waals surface area contributed by atoms with E-state index in [1.165, 1.54) is 4.90 Å². The van der Waals surface area contributed by atoms with Crippen LogP contribution in [0.15, 0.2) is 18.2 Å².